The normalized spacial score (nSPS) is 10.2. The second-order valence-corrected chi connectivity index (χ2v) is 3.58. The molecule has 5 heteroatoms. The van der Waals surface area contributed by atoms with E-state index in [1.54, 1.807) is 12.1 Å². The third-order valence-corrected chi connectivity index (χ3v) is 2.13. The molecule has 1 aromatic carbocycles. The van der Waals surface area contributed by atoms with Crippen molar-refractivity contribution < 1.29 is 14.3 Å². The zero-order chi connectivity index (χ0) is 12.7. The minimum absolute atomic E-state index is 0.378. The molecule has 17 heavy (non-hydrogen) atoms. The molecule has 1 rings (SSSR count). The van der Waals surface area contributed by atoms with Crippen LogP contribution in [0.1, 0.15) is 23.7 Å². The second-order valence-electron chi connectivity index (χ2n) is 3.58. The van der Waals surface area contributed by atoms with E-state index in [-0.39, 0.29) is 0 Å². The summed E-state index contributed by atoms with van der Waals surface area (Å²) in [4.78, 5) is 11.0. The molecule has 0 fully saturated rings. The molecule has 0 saturated carbocycles. The summed E-state index contributed by atoms with van der Waals surface area (Å²) in [7, 11) is 0. The number of nitrogen functional groups attached to an aromatic ring is 1. The van der Waals surface area contributed by atoms with E-state index in [1.807, 2.05) is 6.92 Å². The Bertz CT molecular complexity index is 380. The fourth-order valence-electron chi connectivity index (χ4n) is 1.27. The molecule has 0 aliphatic heterocycles. The van der Waals surface area contributed by atoms with E-state index < -0.39 is 5.91 Å². The van der Waals surface area contributed by atoms with E-state index in [2.05, 4.69) is 0 Å². The third-order valence-electron chi connectivity index (χ3n) is 2.13. The molecule has 0 spiro atoms. The molecule has 4 N–H and O–H groups in total. The van der Waals surface area contributed by atoms with Gasteiger partial charge in [-0.2, -0.15) is 0 Å². The lowest BCUT2D eigenvalue weighted by molar-refractivity contribution is 0.0992. The van der Waals surface area contributed by atoms with Crippen LogP contribution >= 0.6 is 0 Å². The van der Waals surface area contributed by atoms with Crippen molar-refractivity contribution in [1.82, 2.24) is 0 Å². The van der Waals surface area contributed by atoms with Gasteiger partial charge in [-0.05, 0) is 24.6 Å². The summed E-state index contributed by atoms with van der Waals surface area (Å²) in [5.74, 6) is -0.0431. The summed E-state index contributed by atoms with van der Waals surface area (Å²) in [5, 5.41) is 0. The number of amides is 1. The second kappa shape index (κ2) is 6.75. The highest BCUT2D eigenvalue weighted by atomic mass is 16.5. The van der Waals surface area contributed by atoms with E-state index >= 15 is 0 Å². The maximum atomic E-state index is 11.0. The Morgan fingerprint density at radius 2 is 2.06 bits per heavy atom. The van der Waals surface area contributed by atoms with Crippen LogP contribution in [0.25, 0.3) is 0 Å². The van der Waals surface area contributed by atoms with Crippen molar-refractivity contribution in [3.8, 4) is 5.75 Å². The molecule has 0 atom stereocenters. The third kappa shape index (κ3) is 4.32. The largest absolute Gasteiger partial charge is 0.489 e. The lowest BCUT2D eigenvalue weighted by Crippen LogP contribution is -2.12. The number of hydrogen-bond donors (Lipinski definition) is 2. The van der Waals surface area contributed by atoms with Gasteiger partial charge in [0.15, 0.2) is 0 Å². The summed E-state index contributed by atoms with van der Waals surface area (Å²) < 4.78 is 10.7. The predicted molar refractivity (Wildman–Crippen MR) is 66.0 cm³/mol. The topological polar surface area (TPSA) is 87.6 Å². The fourth-order valence-corrected chi connectivity index (χ4v) is 1.27. The number of anilines is 1. The molecule has 0 saturated heterocycles. The van der Waals surface area contributed by atoms with Gasteiger partial charge in [0.05, 0.1) is 12.3 Å². The van der Waals surface area contributed by atoms with Crippen molar-refractivity contribution in [2.75, 3.05) is 25.6 Å². The Labute approximate surface area is 101 Å². The number of hydrogen-bond acceptors (Lipinski definition) is 4. The Morgan fingerprint density at radius 1 is 1.29 bits per heavy atom. The molecule has 1 aromatic rings. The molecule has 94 valence electrons. The van der Waals surface area contributed by atoms with E-state index in [1.165, 1.54) is 6.07 Å². The monoisotopic (exact) mass is 238 g/mol. The summed E-state index contributed by atoms with van der Waals surface area (Å²) in [6, 6.07) is 4.71. The van der Waals surface area contributed by atoms with Crippen molar-refractivity contribution in [3.05, 3.63) is 23.8 Å². The lowest BCUT2D eigenvalue weighted by Gasteiger charge is -2.10. The van der Waals surface area contributed by atoms with Crippen LogP contribution in [0.4, 0.5) is 5.69 Å². The first-order chi connectivity index (χ1) is 8.15. The van der Waals surface area contributed by atoms with Gasteiger partial charge in [0, 0.05) is 12.2 Å². The summed E-state index contributed by atoms with van der Waals surface area (Å²) in [6.45, 7) is 3.63. The van der Waals surface area contributed by atoms with E-state index in [9.17, 15) is 4.79 Å². The Balaban J connectivity index is 2.51. The molecule has 0 unspecified atom stereocenters. The lowest BCUT2D eigenvalue weighted by atomic mass is 10.2. The number of nitrogens with two attached hydrogens (primary N) is 2. The zero-order valence-corrected chi connectivity index (χ0v) is 9.94. The van der Waals surface area contributed by atoms with Crippen LogP contribution in [0.2, 0.25) is 0 Å². The van der Waals surface area contributed by atoms with Crippen molar-refractivity contribution >= 4 is 11.6 Å². The molecular formula is C12H18N2O3. The van der Waals surface area contributed by atoms with Crippen LogP contribution in [0.5, 0.6) is 5.75 Å². The average molecular weight is 238 g/mol. The van der Waals surface area contributed by atoms with Gasteiger partial charge in [-0.15, -0.1) is 0 Å². The molecule has 0 aliphatic carbocycles. The Kier molecular flexibility index (Phi) is 5.29. The van der Waals surface area contributed by atoms with E-state index in [0.29, 0.717) is 36.8 Å². The van der Waals surface area contributed by atoms with Gasteiger partial charge in [0.2, 0.25) is 5.91 Å². The van der Waals surface area contributed by atoms with Gasteiger partial charge in [0.1, 0.15) is 12.4 Å². The maximum absolute atomic E-state index is 11.0. The van der Waals surface area contributed by atoms with E-state index in [4.69, 9.17) is 20.9 Å². The van der Waals surface area contributed by atoms with Crippen LogP contribution < -0.4 is 16.2 Å². The highest BCUT2D eigenvalue weighted by Gasteiger charge is 2.05. The average Bonchev–Trinajstić information content (AvgIpc) is 2.30. The minimum Gasteiger partial charge on any atom is -0.489 e. The zero-order valence-electron chi connectivity index (χ0n) is 9.94. The summed E-state index contributed by atoms with van der Waals surface area (Å²) in [6.07, 6.45) is 0.972. The molecule has 5 nitrogen and oxygen atoms in total. The molecule has 0 heterocycles. The smallest absolute Gasteiger partial charge is 0.248 e. The van der Waals surface area contributed by atoms with Crippen LogP contribution in [0.3, 0.4) is 0 Å². The number of benzene rings is 1. The SMILES string of the molecule is CCCOCCOc1cc(C(N)=O)ccc1N. The first kappa shape index (κ1) is 13.3. The Morgan fingerprint density at radius 3 is 2.71 bits per heavy atom. The van der Waals surface area contributed by atoms with Gasteiger partial charge >= 0.3 is 0 Å². The minimum atomic E-state index is -0.503. The van der Waals surface area contributed by atoms with E-state index in [0.717, 1.165) is 6.42 Å². The molecular weight excluding hydrogens is 220 g/mol. The van der Waals surface area contributed by atoms with Crippen molar-refractivity contribution in [2.24, 2.45) is 5.73 Å². The summed E-state index contributed by atoms with van der Waals surface area (Å²) in [5.41, 5.74) is 11.7. The molecule has 0 radical (unpaired) electrons. The highest BCUT2D eigenvalue weighted by Crippen LogP contribution is 2.22. The number of rotatable bonds is 7. The Hall–Kier alpha value is -1.75. The number of ether oxygens (including phenoxy) is 2. The van der Waals surface area contributed by atoms with Crippen molar-refractivity contribution in [2.45, 2.75) is 13.3 Å². The van der Waals surface area contributed by atoms with Crippen molar-refractivity contribution in [1.29, 1.82) is 0 Å². The molecule has 0 aromatic heterocycles. The number of carbonyl (C=O) groups excluding carboxylic acids is 1. The molecule has 0 aliphatic rings. The quantitative estimate of drug-likeness (QED) is 0.551. The standard InChI is InChI=1S/C12H18N2O3/c1-2-5-16-6-7-17-11-8-9(12(14)15)3-4-10(11)13/h3-4,8H,2,5-7,13H2,1H3,(H2,14,15). The van der Waals surface area contributed by atoms with Gasteiger partial charge in [-0.25, -0.2) is 0 Å². The number of primary amides is 1. The van der Waals surface area contributed by atoms with Gasteiger partial charge in [-0.1, -0.05) is 6.92 Å². The van der Waals surface area contributed by atoms with Crippen LogP contribution in [-0.4, -0.2) is 25.7 Å². The molecule has 0 bridgehead atoms. The first-order valence-corrected chi connectivity index (χ1v) is 5.55. The first-order valence-electron chi connectivity index (χ1n) is 5.55. The number of carbonyl (C=O) groups is 1. The van der Waals surface area contributed by atoms with Crippen LogP contribution in [-0.2, 0) is 4.74 Å². The van der Waals surface area contributed by atoms with Gasteiger partial charge in [-0.3, -0.25) is 4.79 Å². The predicted octanol–water partition coefficient (Wildman–Crippen LogP) is 1.17. The maximum Gasteiger partial charge on any atom is 0.248 e. The van der Waals surface area contributed by atoms with Gasteiger partial charge < -0.3 is 20.9 Å². The highest BCUT2D eigenvalue weighted by molar-refractivity contribution is 5.93. The molecule has 1 amide bonds. The summed E-state index contributed by atoms with van der Waals surface area (Å²) >= 11 is 0. The van der Waals surface area contributed by atoms with Gasteiger partial charge in [0.25, 0.3) is 0 Å². The van der Waals surface area contributed by atoms with Crippen LogP contribution in [0, 0.1) is 0 Å². The van der Waals surface area contributed by atoms with Crippen LogP contribution in [0.15, 0.2) is 18.2 Å². The fraction of sp³-hybridized carbons (Fsp3) is 0.417. The van der Waals surface area contributed by atoms with Crippen molar-refractivity contribution in [3.63, 3.8) is 0 Å².